The van der Waals surface area contributed by atoms with Crippen molar-refractivity contribution in [1.82, 2.24) is 20.1 Å². The third kappa shape index (κ3) is 4.42. The fourth-order valence-corrected chi connectivity index (χ4v) is 5.88. The van der Waals surface area contributed by atoms with E-state index in [1.54, 1.807) is 0 Å². The number of ether oxygens (including phenoxy) is 1. The fraction of sp³-hybridized carbons (Fsp3) is 0.480. The predicted molar refractivity (Wildman–Crippen MR) is 135 cm³/mol. The molecule has 2 aliphatic heterocycles. The first-order valence-corrected chi connectivity index (χ1v) is 12.5. The molecule has 0 bridgehead atoms. The number of thiazole rings is 1. The Kier molecular flexibility index (Phi) is 5.85. The van der Waals surface area contributed by atoms with E-state index >= 15 is 0 Å². The van der Waals surface area contributed by atoms with Crippen molar-refractivity contribution < 1.29 is 9.53 Å². The number of benzene rings is 1. The average Bonchev–Trinajstić information content (AvgIpc) is 3.30. The number of nitrogens with one attached hydrogen (secondary N) is 2. The Hall–Kier alpha value is -2.91. The number of rotatable bonds is 5. The van der Waals surface area contributed by atoms with Crippen molar-refractivity contribution >= 4 is 33.8 Å². The first-order chi connectivity index (χ1) is 16.2. The molecule has 0 saturated carbocycles. The third-order valence-corrected chi connectivity index (χ3v) is 7.74. The molecule has 34 heavy (non-hydrogen) atoms. The van der Waals surface area contributed by atoms with Gasteiger partial charge in [-0.1, -0.05) is 23.5 Å². The van der Waals surface area contributed by atoms with Crippen molar-refractivity contribution in [3.05, 3.63) is 51.8 Å². The van der Waals surface area contributed by atoms with Crippen LogP contribution in [0.2, 0.25) is 0 Å². The summed E-state index contributed by atoms with van der Waals surface area (Å²) >= 11 is 1.50. The highest BCUT2D eigenvalue weighted by atomic mass is 32.1. The third-order valence-electron chi connectivity index (χ3n) is 6.60. The number of fused-ring (bicyclic) bond motifs is 1. The van der Waals surface area contributed by atoms with Gasteiger partial charge in [-0.3, -0.25) is 9.48 Å². The molecule has 1 fully saturated rings. The van der Waals surface area contributed by atoms with Gasteiger partial charge < -0.3 is 20.3 Å². The summed E-state index contributed by atoms with van der Waals surface area (Å²) in [5, 5.41) is 12.1. The summed E-state index contributed by atoms with van der Waals surface area (Å²) in [7, 11) is 1.96. The molecule has 3 aromatic rings. The molecule has 8 nitrogen and oxygen atoms in total. The van der Waals surface area contributed by atoms with Crippen LogP contribution in [0.25, 0.3) is 0 Å². The molecule has 5 rings (SSSR count). The maximum atomic E-state index is 12.6. The number of aryl methyl sites for hydroxylation is 2. The maximum Gasteiger partial charge on any atom is 0.263 e. The quantitative estimate of drug-likeness (QED) is 0.579. The van der Waals surface area contributed by atoms with Crippen molar-refractivity contribution in [3.63, 3.8) is 0 Å². The number of morpholine rings is 1. The normalized spacial score (nSPS) is 19.6. The molecule has 9 heteroatoms. The van der Waals surface area contributed by atoms with Crippen LogP contribution in [0.5, 0.6) is 0 Å². The highest BCUT2D eigenvalue weighted by Gasteiger charge is 2.35. The number of hydrogen-bond acceptors (Lipinski definition) is 7. The lowest BCUT2D eigenvalue weighted by molar-refractivity contribution is 0.0900. The smallest absolute Gasteiger partial charge is 0.263 e. The lowest BCUT2D eigenvalue weighted by atomic mass is 9.94. The second kappa shape index (κ2) is 8.70. The van der Waals surface area contributed by atoms with E-state index in [0.29, 0.717) is 13.2 Å². The van der Waals surface area contributed by atoms with Crippen molar-refractivity contribution in [3.8, 4) is 0 Å². The number of carbonyl (C=O) groups excluding carboxylic acids is 1. The van der Waals surface area contributed by atoms with Crippen LogP contribution < -0.4 is 15.5 Å². The van der Waals surface area contributed by atoms with Crippen molar-refractivity contribution in [2.75, 3.05) is 30.0 Å². The van der Waals surface area contributed by atoms with Gasteiger partial charge in [0.25, 0.3) is 5.91 Å². The highest BCUT2D eigenvalue weighted by Crippen LogP contribution is 2.34. The zero-order valence-electron chi connectivity index (χ0n) is 20.4. The first kappa shape index (κ1) is 22.9. The van der Waals surface area contributed by atoms with E-state index in [1.165, 1.54) is 16.9 Å². The Morgan fingerprint density at radius 3 is 2.91 bits per heavy atom. The van der Waals surface area contributed by atoms with E-state index in [9.17, 15) is 4.79 Å². The van der Waals surface area contributed by atoms with Gasteiger partial charge in [0.2, 0.25) is 0 Å². The Morgan fingerprint density at radius 2 is 2.15 bits per heavy atom. The van der Waals surface area contributed by atoms with E-state index in [1.807, 2.05) is 32.5 Å². The minimum absolute atomic E-state index is 0.0143. The second-order valence-electron chi connectivity index (χ2n) is 9.91. The van der Waals surface area contributed by atoms with Crippen LogP contribution >= 0.6 is 11.3 Å². The Morgan fingerprint density at radius 1 is 1.32 bits per heavy atom. The lowest BCUT2D eigenvalue weighted by Crippen LogP contribution is -2.48. The summed E-state index contributed by atoms with van der Waals surface area (Å²) in [6, 6.07) is 8.68. The van der Waals surface area contributed by atoms with Gasteiger partial charge in [0, 0.05) is 31.2 Å². The second-order valence-corrected chi connectivity index (χ2v) is 10.9. The fourth-order valence-electron chi connectivity index (χ4n) is 4.81. The van der Waals surface area contributed by atoms with Gasteiger partial charge >= 0.3 is 0 Å². The van der Waals surface area contributed by atoms with Gasteiger partial charge in [0.15, 0.2) is 5.13 Å². The summed E-state index contributed by atoms with van der Waals surface area (Å²) in [5.74, 6) is -0.0143. The molecule has 1 amide bonds. The zero-order chi connectivity index (χ0) is 24.0. The summed E-state index contributed by atoms with van der Waals surface area (Å²) in [4.78, 5) is 20.6. The van der Waals surface area contributed by atoms with Crippen LogP contribution in [-0.2, 0) is 24.6 Å². The van der Waals surface area contributed by atoms with Gasteiger partial charge in [0.1, 0.15) is 4.88 Å². The number of hydrogen-bond donors (Lipinski definition) is 2. The molecule has 1 aromatic carbocycles. The lowest BCUT2D eigenvalue weighted by Gasteiger charge is -2.35. The van der Waals surface area contributed by atoms with E-state index in [2.05, 4.69) is 51.8 Å². The molecule has 1 saturated heterocycles. The summed E-state index contributed by atoms with van der Waals surface area (Å²) in [6.45, 7) is 10.2. The van der Waals surface area contributed by atoms with Gasteiger partial charge in [0.05, 0.1) is 42.0 Å². The van der Waals surface area contributed by atoms with Crippen LogP contribution in [0.3, 0.4) is 0 Å². The molecule has 2 N–H and O–H groups in total. The minimum atomic E-state index is -0.266. The van der Waals surface area contributed by atoms with Crippen molar-refractivity contribution in [2.24, 2.45) is 7.05 Å². The summed E-state index contributed by atoms with van der Waals surface area (Å²) in [5.41, 5.74) is 6.06. The highest BCUT2D eigenvalue weighted by molar-refractivity contribution is 7.17. The number of carbonyl (C=O) groups is 1. The van der Waals surface area contributed by atoms with Gasteiger partial charge in [-0.05, 0) is 51.8 Å². The van der Waals surface area contributed by atoms with E-state index in [4.69, 9.17) is 9.72 Å². The molecule has 1 atom stereocenters. The van der Waals surface area contributed by atoms with Crippen LogP contribution in [0, 0.1) is 13.8 Å². The van der Waals surface area contributed by atoms with E-state index < -0.39 is 0 Å². The average molecular weight is 481 g/mol. The summed E-state index contributed by atoms with van der Waals surface area (Å²) < 4.78 is 7.75. The van der Waals surface area contributed by atoms with Crippen molar-refractivity contribution in [2.45, 2.75) is 52.1 Å². The molecule has 2 aromatic heterocycles. The summed E-state index contributed by atoms with van der Waals surface area (Å²) in [6.07, 6.45) is 1.59. The zero-order valence-corrected chi connectivity index (χ0v) is 21.3. The minimum Gasteiger partial charge on any atom is -0.377 e. The van der Waals surface area contributed by atoms with Crippen LogP contribution in [-0.4, -0.2) is 52.0 Å². The van der Waals surface area contributed by atoms with Crippen molar-refractivity contribution in [1.29, 1.82) is 0 Å². The number of anilines is 3. The number of amides is 1. The standard InChI is InChI=1S/C25H32N6O2S/c1-15-21(16(2)30(5)29-15)26-18-8-6-7-17(11-18)12-19-14-33-10-9-31(19)24-27-20-13-25(3,4)28-23(32)22(20)34-24/h6-8,11,19,26H,9-10,12-14H2,1-5H3,(H,28,32). The number of aromatic nitrogens is 3. The first-order valence-electron chi connectivity index (χ1n) is 11.7. The Balaban J connectivity index is 1.36. The molecule has 1 unspecified atom stereocenters. The van der Waals surface area contributed by atoms with E-state index in [0.717, 1.165) is 57.9 Å². The van der Waals surface area contributed by atoms with Gasteiger partial charge in [-0.2, -0.15) is 5.10 Å². The topological polar surface area (TPSA) is 84.3 Å². The molecule has 0 spiro atoms. The molecular weight excluding hydrogens is 448 g/mol. The largest absolute Gasteiger partial charge is 0.377 e. The SMILES string of the molecule is Cc1nn(C)c(C)c1Nc1cccc(CC2COCCN2c2nc3c(s2)C(=O)NC(C)(C)C3)c1. The van der Waals surface area contributed by atoms with Crippen LogP contribution in [0.15, 0.2) is 24.3 Å². The molecular formula is C25H32N6O2S. The molecule has 2 aliphatic rings. The molecule has 4 heterocycles. The molecule has 0 radical (unpaired) electrons. The Labute approximate surface area is 204 Å². The molecule has 0 aliphatic carbocycles. The maximum absolute atomic E-state index is 12.6. The monoisotopic (exact) mass is 480 g/mol. The van der Waals surface area contributed by atoms with E-state index in [-0.39, 0.29) is 17.5 Å². The van der Waals surface area contributed by atoms with Gasteiger partial charge in [-0.25, -0.2) is 4.98 Å². The Bertz CT molecular complexity index is 1230. The van der Waals surface area contributed by atoms with Crippen LogP contribution in [0.4, 0.5) is 16.5 Å². The number of nitrogens with zero attached hydrogens (tertiary/aromatic N) is 4. The van der Waals surface area contributed by atoms with Gasteiger partial charge in [-0.15, -0.1) is 0 Å². The van der Waals surface area contributed by atoms with Crippen LogP contribution in [0.1, 0.15) is 46.2 Å². The predicted octanol–water partition coefficient (Wildman–Crippen LogP) is 3.75. The molecule has 180 valence electrons.